The summed E-state index contributed by atoms with van der Waals surface area (Å²) < 4.78 is 0. The van der Waals surface area contributed by atoms with E-state index in [1.54, 1.807) is 0 Å². The third kappa shape index (κ3) is 1.61. The molecule has 0 radical (unpaired) electrons. The van der Waals surface area contributed by atoms with Crippen LogP contribution in [0.5, 0.6) is 0 Å². The number of benzene rings is 1. The Kier molecular flexibility index (Phi) is 2.22. The summed E-state index contributed by atoms with van der Waals surface area (Å²) in [4.78, 5) is 2.27. The van der Waals surface area contributed by atoms with E-state index in [4.69, 9.17) is 0 Å². The minimum Gasteiger partial charge on any atom is -0.344 e. The maximum absolute atomic E-state index is 2.27. The summed E-state index contributed by atoms with van der Waals surface area (Å²) in [7, 11) is 0. The molecule has 0 aromatic heterocycles. The van der Waals surface area contributed by atoms with Gasteiger partial charge in [-0.25, -0.2) is 0 Å². The first-order chi connectivity index (χ1) is 7.93. The SMILES string of the molecule is C1=CCN2C=C(c3ccccc3)C=CC2=C1. The number of nitrogens with zero attached hydrogens (tertiary/aromatic N) is 1. The largest absolute Gasteiger partial charge is 0.344 e. The normalized spacial score (nSPS) is 17.9. The van der Waals surface area contributed by atoms with Crippen LogP contribution in [0.2, 0.25) is 0 Å². The van der Waals surface area contributed by atoms with Crippen molar-refractivity contribution in [2.24, 2.45) is 0 Å². The van der Waals surface area contributed by atoms with Crippen LogP contribution < -0.4 is 0 Å². The maximum atomic E-state index is 2.27. The van der Waals surface area contributed by atoms with Gasteiger partial charge in [0.1, 0.15) is 0 Å². The van der Waals surface area contributed by atoms with Crippen LogP contribution in [0.15, 0.2) is 72.6 Å². The zero-order valence-electron chi connectivity index (χ0n) is 9.01. The molecule has 2 aliphatic rings. The van der Waals surface area contributed by atoms with Crippen molar-refractivity contribution in [3.8, 4) is 0 Å². The Morgan fingerprint density at radius 2 is 1.88 bits per heavy atom. The molecule has 1 aromatic rings. The van der Waals surface area contributed by atoms with Crippen LogP contribution in [0.3, 0.4) is 0 Å². The number of rotatable bonds is 1. The Morgan fingerprint density at radius 1 is 1.00 bits per heavy atom. The third-order valence-electron chi connectivity index (χ3n) is 2.87. The summed E-state index contributed by atoms with van der Waals surface area (Å²) >= 11 is 0. The lowest BCUT2D eigenvalue weighted by molar-refractivity contribution is 0.526. The Balaban J connectivity index is 1.96. The highest BCUT2D eigenvalue weighted by Gasteiger charge is 2.11. The second kappa shape index (κ2) is 3.86. The lowest BCUT2D eigenvalue weighted by Crippen LogP contribution is -2.20. The van der Waals surface area contributed by atoms with Gasteiger partial charge in [0.25, 0.3) is 0 Å². The van der Waals surface area contributed by atoms with Gasteiger partial charge in [-0.3, -0.25) is 0 Å². The van der Waals surface area contributed by atoms with Gasteiger partial charge in [-0.1, -0.05) is 48.6 Å². The zero-order chi connectivity index (χ0) is 10.8. The van der Waals surface area contributed by atoms with E-state index in [1.165, 1.54) is 16.8 Å². The number of allylic oxidation sites excluding steroid dienone is 5. The van der Waals surface area contributed by atoms with Crippen molar-refractivity contribution >= 4 is 5.57 Å². The molecule has 0 bridgehead atoms. The predicted molar refractivity (Wildman–Crippen MR) is 67.5 cm³/mol. The number of hydrogen-bond acceptors (Lipinski definition) is 1. The molecule has 1 heteroatoms. The molecule has 1 nitrogen and oxygen atoms in total. The Hall–Kier alpha value is -2.02. The van der Waals surface area contributed by atoms with Gasteiger partial charge in [0.15, 0.2) is 0 Å². The molecular weight excluding hydrogens is 194 g/mol. The molecule has 2 aliphatic heterocycles. The predicted octanol–water partition coefficient (Wildman–Crippen LogP) is 3.35. The molecule has 0 aliphatic carbocycles. The fourth-order valence-electron chi connectivity index (χ4n) is 2.01. The minimum atomic E-state index is 0.965. The molecule has 0 amide bonds. The van der Waals surface area contributed by atoms with Crippen molar-refractivity contribution in [2.75, 3.05) is 6.54 Å². The summed E-state index contributed by atoms with van der Waals surface area (Å²) in [6.45, 7) is 0.965. The van der Waals surface area contributed by atoms with Gasteiger partial charge in [-0.05, 0) is 23.3 Å². The van der Waals surface area contributed by atoms with Gasteiger partial charge in [-0.15, -0.1) is 0 Å². The Morgan fingerprint density at radius 3 is 2.75 bits per heavy atom. The summed E-state index contributed by atoms with van der Waals surface area (Å²) in [5.41, 5.74) is 3.81. The van der Waals surface area contributed by atoms with Crippen LogP contribution in [-0.4, -0.2) is 11.4 Å². The number of fused-ring (bicyclic) bond motifs is 1. The van der Waals surface area contributed by atoms with Crippen LogP contribution in [0.25, 0.3) is 5.57 Å². The van der Waals surface area contributed by atoms with Gasteiger partial charge in [-0.2, -0.15) is 0 Å². The van der Waals surface area contributed by atoms with Gasteiger partial charge in [0, 0.05) is 18.4 Å². The van der Waals surface area contributed by atoms with Crippen molar-refractivity contribution < 1.29 is 0 Å². The molecule has 0 atom stereocenters. The highest BCUT2D eigenvalue weighted by Crippen LogP contribution is 2.25. The standard InChI is InChI=1S/C15H13N/c1-2-6-13(7-3-1)14-9-10-15-8-4-5-11-16(15)12-14/h1-10,12H,11H2. The van der Waals surface area contributed by atoms with Crippen molar-refractivity contribution in [1.82, 2.24) is 4.90 Å². The van der Waals surface area contributed by atoms with Crippen LogP contribution in [0.4, 0.5) is 0 Å². The van der Waals surface area contributed by atoms with Gasteiger partial charge >= 0.3 is 0 Å². The monoisotopic (exact) mass is 207 g/mol. The van der Waals surface area contributed by atoms with E-state index >= 15 is 0 Å². The second-order valence-corrected chi connectivity index (χ2v) is 3.96. The van der Waals surface area contributed by atoms with E-state index in [0.29, 0.717) is 0 Å². The lowest BCUT2D eigenvalue weighted by Gasteiger charge is -2.26. The summed E-state index contributed by atoms with van der Waals surface area (Å²) in [6.07, 6.45) is 13.0. The fourth-order valence-corrected chi connectivity index (χ4v) is 2.01. The van der Waals surface area contributed by atoms with E-state index in [-0.39, 0.29) is 0 Å². The molecular formula is C15H13N. The first-order valence-electron chi connectivity index (χ1n) is 5.52. The van der Waals surface area contributed by atoms with Crippen LogP contribution in [-0.2, 0) is 0 Å². The Labute approximate surface area is 95.7 Å². The fraction of sp³-hybridized carbons (Fsp3) is 0.0667. The molecule has 0 fully saturated rings. The average molecular weight is 207 g/mol. The highest BCUT2D eigenvalue weighted by molar-refractivity contribution is 5.76. The van der Waals surface area contributed by atoms with Crippen molar-refractivity contribution in [3.63, 3.8) is 0 Å². The molecule has 3 rings (SSSR count). The highest BCUT2D eigenvalue weighted by atomic mass is 15.1. The molecule has 16 heavy (non-hydrogen) atoms. The number of hydrogen-bond donors (Lipinski definition) is 0. The van der Waals surface area contributed by atoms with Crippen LogP contribution in [0.1, 0.15) is 5.56 Å². The topological polar surface area (TPSA) is 3.24 Å². The summed E-state index contributed by atoms with van der Waals surface area (Å²) in [5, 5.41) is 0. The average Bonchev–Trinajstić information content (AvgIpc) is 2.39. The first-order valence-corrected chi connectivity index (χ1v) is 5.52. The van der Waals surface area contributed by atoms with E-state index in [0.717, 1.165) is 6.54 Å². The molecule has 0 saturated carbocycles. The van der Waals surface area contributed by atoms with Gasteiger partial charge < -0.3 is 4.90 Å². The van der Waals surface area contributed by atoms with Crippen molar-refractivity contribution in [1.29, 1.82) is 0 Å². The maximum Gasteiger partial charge on any atom is 0.0409 e. The summed E-state index contributed by atoms with van der Waals surface area (Å²) in [6, 6.07) is 10.5. The van der Waals surface area contributed by atoms with Crippen molar-refractivity contribution in [3.05, 3.63) is 78.2 Å². The van der Waals surface area contributed by atoms with Crippen LogP contribution in [0, 0.1) is 0 Å². The van der Waals surface area contributed by atoms with E-state index < -0.39 is 0 Å². The van der Waals surface area contributed by atoms with Crippen molar-refractivity contribution in [2.45, 2.75) is 0 Å². The van der Waals surface area contributed by atoms with E-state index in [1.807, 2.05) is 6.07 Å². The quantitative estimate of drug-likeness (QED) is 0.682. The van der Waals surface area contributed by atoms with E-state index in [2.05, 4.69) is 65.7 Å². The molecule has 1 aromatic carbocycles. The molecule has 0 unspecified atom stereocenters. The molecule has 0 spiro atoms. The molecule has 0 N–H and O–H groups in total. The Bertz CT molecular complexity index is 503. The van der Waals surface area contributed by atoms with E-state index in [9.17, 15) is 0 Å². The molecule has 78 valence electrons. The smallest absolute Gasteiger partial charge is 0.0409 e. The lowest BCUT2D eigenvalue weighted by atomic mass is 10.0. The van der Waals surface area contributed by atoms with Gasteiger partial charge in [0.2, 0.25) is 0 Å². The van der Waals surface area contributed by atoms with Crippen LogP contribution >= 0.6 is 0 Å². The zero-order valence-corrected chi connectivity index (χ0v) is 9.01. The first kappa shape index (κ1) is 9.22. The third-order valence-corrected chi connectivity index (χ3v) is 2.87. The second-order valence-electron chi connectivity index (χ2n) is 3.96. The molecule has 2 heterocycles. The minimum absolute atomic E-state index is 0.965. The van der Waals surface area contributed by atoms with Gasteiger partial charge in [0.05, 0.1) is 0 Å². The summed E-state index contributed by atoms with van der Waals surface area (Å²) in [5.74, 6) is 0. The molecule has 0 saturated heterocycles.